The Balaban J connectivity index is 1.62. The molecule has 0 amide bonds. The molecule has 9 heteroatoms. The molecule has 3 rings (SSSR count). The van der Waals surface area contributed by atoms with Crippen molar-refractivity contribution < 1.29 is 26.8 Å². The lowest BCUT2D eigenvalue weighted by molar-refractivity contribution is 0.0483. The van der Waals surface area contributed by atoms with Crippen LogP contribution in [0.15, 0.2) is 45.9 Å². The quantitative estimate of drug-likeness (QED) is 0.696. The maximum Gasteiger partial charge on any atom is 0.374 e. The first-order valence-electron chi connectivity index (χ1n) is 8.64. The van der Waals surface area contributed by atoms with E-state index >= 15 is 0 Å². The molecule has 2 aromatic rings. The Kier molecular flexibility index (Phi) is 5.93. The Morgan fingerprint density at radius 1 is 1.19 bits per heavy atom. The molecule has 27 heavy (non-hydrogen) atoms. The minimum atomic E-state index is -3.82. The Morgan fingerprint density at radius 2 is 1.93 bits per heavy atom. The minimum absolute atomic E-state index is 0.139. The van der Waals surface area contributed by atoms with E-state index in [1.54, 1.807) is 13.0 Å². The number of esters is 1. The van der Waals surface area contributed by atoms with Gasteiger partial charge in [-0.1, -0.05) is 12.1 Å². The summed E-state index contributed by atoms with van der Waals surface area (Å²) in [5, 5.41) is -0.274. The van der Waals surface area contributed by atoms with Crippen LogP contribution in [0.4, 0.5) is 4.39 Å². The molecular formula is C18H21FN2O5S. The van der Waals surface area contributed by atoms with Gasteiger partial charge in [0.25, 0.3) is 10.0 Å². The van der Waals surface area contributed by atoms with Crippen LogP contribution in [-0.4, -0.2) is 56.4 Å². The largest absolute Gasteiger partial charge is 0.460 e. The number of hydrogen-bond acceptors (Lipinski definition) is 6. The van der Waals surface area contributed by atoms with E-state index in [0.717, 1.165) is 5.56 Å². The Morgan fingerprint density at radius 3 is 2.59 bits per heavy atom. The van der Waals surface area contributed by atoms with Crippen LogP contribution in [0.1, 0.15) is 23.0 Å². The lowest BCUT2D eigenvalue weighted by Crippen LogP contribution is -2.48. The van der Waals surface area contributed by atoms with Crippen molar-refractivity contribution in [2.24, 2.45) is 0 Å². The number of sulfonamides is 1. The summed E-state index contributed by atoms with van der Waals surface area (Å²) in [5.74, 6) is -1.12. The van der Waals surface area contributed by atoms with Gasteiger partial charge in [0.1, 0.15) is 5.82 Å². The highest BCUT2D eigenvalue weighted by atomic mass is 32.2. The second kappa shape index (κ2) is 8.20. The van der Waals surface area contributed by atoms with Crippen LogP contribution < -0.4 is 0 Å². The van der Waals surface area contributed by atoms with Gasteiger partial charge in [-0.05, 0) is 36.8 Å². The average molecular weight is 396 g/mol. The molecule has 0 bridgehead atoms. The highest BCUT2D eigenvalue weighted by Crippen LogP contribution is 2.21. The smallest absolute Gasteiger partial charge is 0.374 e. The normalized spacial score (nSPS) is 16.4. The average Bonchev–Trinajstić information content (AvgIpc) is 3.14. The molecule has 7 nitrogen and oxygen atoms in total. The Bertz CT molecular complexity index is 904. The van der Waals surface area contributed by atoms with Crippen LogP contribution in [0.25, 0.3) is 0 Å². The number of piperazine rings is 1. The molecule has 146 valence electrons. The second-order valence-corrected chi connectivity index (χ2v) is 8.02. The van der Waals surface area contributed by atoms with Crippen molar-refractivity contribution in [3.63, 3.8) is 0 Å². The Hall–Kier alpha value is -2.23. The zero-order valence-electron chi connectivity index (χ0n) is 14.9. The molecule has 0 N–H and O–H groups in total. The molecular weight excluding hydrogens is 375 g/mol. The van der Waals surface area contributed by atoms with Crippen LogP contribution in [0.2, 0.25) is 0 Å². The van der Waals surface area contributed by atoms with Crippen LogP contribution >= 0.6 is 0 Å². The molecule has 1 saturated heterocycles. The van der Waals surface area contributed by atoms with Crippen LogP contribution in [0, 0.1) is 5.82 Å². The van der Waals surface area contributed by atoms with Crippen molar-refractivity contribution in [1.29, 1.82) is 0 Å². The molecule has 1 aliphatic rings. The summed E-state index contributed by atoms with van der Waals surface area (Å²) in [6.07, 6.45) is 0. The van der Waals surface area contributed by atoms with Crippen LogP contribution in [0.5, 0.6) is 0 Å². The van der Waals surface area contributed by atoms with Gasteiger partial charge in [-0.25, -0.2) is 17.6 Å². The summed E-state index contributed by atoms with van der Waals surface area (Å²) < 4.78 is 50.0. The van der Waals surface area contributed by atoms with Gasteiger partial charge in [-0.2, -0.15) is 4.31 Å². The maximum atomic E-state index is 13.3. The molecule has 1 aliphatic heterocycles. The van der Waals surface area contributed by atoms with Gasteiger partial charge in [0.2, 0.25) is 10.9 Å². The molecule has 1 aromatic heterocycles. The van der Waals surface area contributed by atoms with Gasteiger partial charge in [-0.15, -0.1) is 0 Å². The molecule has 0 aliphatic carbocycles. The number of ether oxygens (including phenoxy) is 1. The standard InChI is InChI=1S/C18H21FN2O5S/c1-2-25-18(22)16-6-7-17(26-16)27(23,24)21-10-8-20(9-11-21)13-14-4-3-5-15(19)12-14/h3-7,12H,2,8-11,13H2,1H3. The number of halogens is 1. The van der Waals surface area contributed by atoms with Crippen LogP contribution in [0.3, 0.4) is 0 Å². The van der Waals surface area contributed by atoms with E-state index in [0.29, 0.717) is 19.6 Å². The molecule has 2 heterocycles. The Labute approximate surface area is 157 Å². The number of furan rings is 1. The monoisotopic (exact) mass is 396 g/mol. The maximum absolute atomic E-state index is 13.3. The van der Waals surface area contributed by atoms with Crippen molar-refractivity contribution in [1.82, 2.24) is 9.21 Å². The molecule has 1 fully saturated rings. The number of hydrogen-bond donors (Lipinski definition) is 0. The number of carbonyl (C=O) groups excluding carboxylic acids is 1. The number of nitrogens with zero attached hydrogens (tertiary/aromatic N) is 2. The van der Waals surface area contributed by atoms with Crippen molar-refractivity contribution in [3.8, 4) is 0 Å². The zero-order chi connectivity index (χ0) is 19.4. The van der Waals surface area contributed by atoms with Crippen molar-refractivity contribution >= 4 is 16.0 Å². The first-order valence-corrected chi connectivity index (χ1v) is 10.1. The topological polar surface area (TPSA) is 80.1 Å². The summed E-state index contributed by atoms with van der Waals surface area (Å²) >= 11 is 0. The molecule has 0 atom stereocenters. The third kappa shape index (κ3) is 4.55. The molecule has 1 aromatic carbocycles. The molecule has 0 unspecified atom stereocenters. The first-order chi connectivity index (χ1) is 12.9. The predicted molar refractivity (Wildman–Crippen MR) is 95.1 cm³/mol. The van der Waals surface area contributed by atoms with Gasteiger partial charge < -0.3 is 9.15 Å². The fraction of sp³-hybridized carbons (Fsp3) is 0.389. The summed E-state index contributed by atoms with van der Waals surface area (Å²) in [6, 6.07) is 8.92. The first kappa shape index (κ1) is 19.5. The molecule has 0 radical (unpaired) electrons. The fourth-order valence-corrected chi connectivity index (χ4v) is 4.25. The third-order valence-corrected chi connectivity index (χ3v) is 6.05. The fourth-order valence-electron chi connectivity index (χ4n) is 2.92. The van der Waals surface area contributed by atoms with Crippen molar-refractivity contribution in [2.45, 2.75) is 18.6 Å². The van der Waals surface area contributed by atoms with E-state index in [1.807, 2.05) is 6.07 Å². The van der Waals surface area contributed by atoms with E-state index in [1.165, 1.54) is 28.6 Å². The summed E-state index contributed by atoms with van der Waals surface area (Å²) in [5.41, 5.74) is 0.844. The third-order valence-electron chi connectivity index (χ3n) is 4.28. The predicted octanol–water partition coefficient (Wildman–Crippen LogP) is 2.10. The highest BCUT2D eigenvalue weighted by molar-refractivity contribution is 7.89. The van der Waals surface area contributed by atoms with Gasteiger partial charge in [0.15, 0.2) is 0 Å². The van der Waals surface area contributed by atoms with E-state index in [-0.39, 0.29) is 36.4 Å². The summed E-state index contributed by atoms with van der Waals surface area (Å²) in [6.45, 7) is 3.98. The van der Waals surface area contributed by atoms with Gasteiger partial charge >= 0.3 is 5.97 Å². The molecule has 0 spiro atoms. The van der Waals surface area contributed by atoms with Gasteiger partial charge in [0, 0.05) is 32.7 Å². The number of rotatable bonds is 6. The highest BCUT2D eigenvalue weighted by Gasteiger charge is 2.31. The van der Waals surface area contributed by atoms with Gasteiger partial charge in [-0.3, -0.25) is 4.90 Å². The molecule has 0 saturated carbocycles. The zero-order valence-corrected chi connectivity index (χ0v) is 15.7. The van der Waals surface area contributed by atoms with Crippen molar-refractivity contribution in [2.75, 3.05) is 32.8 Å². The minimum Gasteiger partial charge on any atom is -0.460 e. The lowest BCUT2D eigenvalue weighted by Gasteiger charge is -2.33. The van der Waals surface area contributed by atoms with Gasteiger partial charge in [0.05, 0.1) is 6.61 Å². The van der Waals surface area contributed by atoms with Crippen molar-refractivity contribution in [3.05, 3.63) is 53.5 Å². The van der Waals surface area contributed by atoms with E-state index in [4.69, 9.17) is 9.15 Å². The number of benzene rings is 1. The van der Waals surface area contributed by atoms with E-state index in [9.17, 15) is 17.6 Å². The lowest BCUT2D eigenvalue weighted by atomic mass is 10.2. The second-order valence-electron chi connectivity index (χ2n) is 6.15. The summed E-state index contributed by atoms with van der Waals surface area (Å²) in [7, 11) is -3.82. The van der Waals surface area contributed by atoms with E-state index in [2.05, 4.69) is 4.90 Å². The summed E-state index contributed by atoms with van der Waals surface area (Å²) in [4.78, 5) is 13.7. The number of carbonyl (C=O) groups is 1. The SMILES string of the molecule is CCOC(=O)c1ccc(S(=O)(=O)N2CCN(Cc3cccc(F)c3)CC2)o1. The van der Waals surface area contributed by atoms with Crippen LogP contribution in [-0.2, 0) is 21.3 Å². The van der Waals surface area contributed by atoms with E-state index < -0.39 is 16.0 Å².